The molecular formula is C17H16N4O. The summed E-state index contributed by atoms with van der Waals surface area (Å²) in [6, 6.07) is 13.0. The third-order valence-electron chi connectivity index (χ3n) is 3.30. The summed E-state index contributed by atoms with van der Waals surface area (Å²) in [5.41, 5.74) is 3.01. The molecule has 0 unspecified atom stereocenters. The minimum Gasteiger partial charge on any atom is -0.385 e. The van der Waals surface area contributed by atoms with Gasteiger partial charge in [0.25, 0.3) is 5.91 Å². The maximum atomic E-state index is 12.5. The van der Waals surface area contributed by atoms with E-state index in [0.29, 0.717) is 5.56 Å². The van der Waals surface area contributed by atoms with Crippen LogP contribution >= 0.6 is 0 Å². The summed E-state index contributed by atoms with van der Waals surface area (Å²) in [6.45, 7) is 2.76. The smallest absolute Gasteiger partial charge is 0.257 e. The molecule has 0 aliphatic carbocycles. The zero-order valence-electron chi connectivity index (χ0n) is 12.2. The van der Waals surface area contributed by atoms with Crippen LogP contribution in [0.15, 0.2) is 55.0 Å². The summed E-state index contributed by atoms with van der Waals surface area (Å²) in [5, 5.41) is 7.00. The quantitative estimate of drug-likeness (QED) is 0.774. The maximum Gasteiger partial charge on any atom is 0.257 e. The Balaban J connectivity index is 1.86. The summed E-state index contributed by atoms with van der Waals surface area (Å²) in [4.78, 5) is 20.6. The van der Waals surface area contributed by atoms with Crippen LogP contribution in [-0.4, -0.2) is 22.4 Å². The highest BCUT2D eigenvalue weighted by Crippen LogP contribution is 2.19. The van der Waals surface area contributed by atoms with Gasteiger partial charge in [-0.1, -0.05) is 12.1 Å². The van der Waals surface area contributed by atoms with E-state index >= 15 is 0 Å². The van der Waals surface area contributed by atoms with Crippen LogP contribution in [0.3, 0.4) is 0 Å². The molecule has 0 fully saturated rings. The van der Waals surface area contributed by atoms with Gasteiger partial charge in [0.15, 0.2) is 0 Å². The number of aromatic nitrogens is 2. The van der Waals surface area contributed by atoms with Gasteiger partial charge in [0.1, 0.15) is 6.33 Å². The van der Waals surface area contributed by atoms with E-state index in [-0.39, 0.29) is 5.91 Å². The van der Waals surface area contributed by atoms with Gasteiger partial charge >= 0.3 is 0 Å². The molecule has 5 heteroatoms. The second-order valence-corrected chi connectivity index (χ2v) is 4.83. The number of hydrogen-bond acceptors (Lipinski definition) is 4. The molecule has 2 aromatic carbocycles. The van der Waals surface area contributed by atoms with E-state index in [1.165, 1.54) is 6.33 Å². The number of nitrogens with one attached hydrogen (secondary N) is 2. The molecule has 110 valence electrons. The number of rotatable bonds is 4. The average Bonchev–Trinajstić information content (AvgIpc) is 2.55. The number of nitrogens with zero attached hydrogens (tertiary/aromatic N) is 2. The molecule has 0 atom stereocenters. The van der Waals surface area contributed by atoms with Crippen molar-refractivity contribution in [2.75, 3.05) is 17.2 Å². The molecule has 0 saturated carbocycles. The van der Waals surface area contributed by atoms with Crippen molar-refractivity contribution >= 4 is 28.2 Å². The number of carbonyl (C=O) groups is 1. The summed E-state index contributed by atoms with van der Waals surface area (Å²) in [5.74, 6) is -0.146. The average molecular weight is 292 g/mol. The number of hydrogen-bond donors (Lipinski definition) is 2. The van der Waals surface area contributed by atoms with Gasteiger partial charge in [-0.05, 0) is 37.3 Å². The van der Waals surface area contributed by atoms with Crippen LogP contribution in [0, 0.1) is 0 Å². The van der Waals surface area contributed by atoms with E-state index in [1.807, 2.05) is 43.3 Å². The Hall–Kier alpha value is -2.95. The van der Waals surface area contributed by atoms with Gasteiger partial charge < -0.3 is 10.6 Å². The summed E-state index contributed by atoms with van der Waals surface area (Å²) >= 11 is 0. The standard InChI is InChI=1S/C17H16N4O/c1-2-19-16-6-4-3-5-14(16)17(22)21-13-7-8-15-12(9-13)10-18-11-20-15/h3-11,19H,2H2,1H3,(H,21,22). The van der Waals surface area contributed by atoms with Gasteiger partial charge in [-0.2, -0.15) is 0 Å². The lowest BCUT2D eigenvalue weighted by molar-refractivity contribution is 0.102. The molecule has 0 bridgehead atoms. The van der Waals surface area contributed by atoms with E-state index in [4.69, 9.17) is 0 Å². The molecule has 0 aliphatic heterocycles. The van der Waals surface area contributed by atoms with E-state index < -0.39 is 0 Å². The van der Waals surface area contributed by atoms with Gasteiger partial charge in [0.05, 0.1) is 11.1 Å². The zero-order chi connectivity index (χ0) is 15.4. The van der Waals surface area contributed by atoms with E-state index in [0.717, 1.165) is 28.8 Å². The van der Waals surface area contributed by atoms with Crippen molar-refractivity contribution in [1.29, 1.82) is 0 Å². The lowest BCUT2D eigenvalue weighted by Gasteiger charge is -2.11. The minimum absolute atomic E-state index is 0.146. The fraction of sp³-hybridized carbons (Fsp3) is 0.118. The molecule has 3 aromatic rings. The molecule has 0 radical (unpaired) electrons. The van der Waals surface area contributed by atoms with Gasteiger partial charge in [-0.25, -0.2) is 9.97 Å². The number of anilines is 2. The molecule has 2 N–H and O–H groups in total. The van der Waals surface area contributed by atoms with Gasteiger partial charge in [0, 0.05) is 29.5 Å². The highest BCUT2D eigenvalue weighted by atomic mass is 16.1. The molecule has 0 aliphatic rings. The van der Waals surface area contributed by atoms with Crippen molar-refractivity contribution in [2.45, 2.75) is 6.92 Å². The van der Waals surface area contributed by atoms with Crippen molar-refractivity contribution in [1.82, 2.24) is 9.97 Å². The van der Waals surface area contributed by atoms with E-state index in [1.54, 1.807) is 12.3 Å². The Morgan fingerprint density at radius 2 is 2.05 bits per heavy atom. The Labute approximate surface area is 128 Å². The first-order valence-corrected chi connectivity index (χ1v) is 7.12. The number of carbonyl (C=O) groups excluding carboxylic acids is 1. The molecule has 1 heterocycles. The SMILES string of the molecule is CCNc1ccccc1C(=O)Nc1ccc2ncncc2c1. The number of fused-ring (bicyclic) bond motifs is 1. The highest BCUT2D eigenvalue weighted by Gasteiger charge is 2.11. The second kappa shape index (κ2) is 6.22. The predicted molar refractivity (Wildman–Crippen MR) is 88.1 cm³/mol. The maximum absolute atomic E-state index is 12.5. The summed E-state index contributed by atoms with van der Waals surface area (Å²) in [6.07, 6.45) is 3.23. The molecule has 22 heavy (non-hydrogen) atoms. The van der Waals surface area contributed by atoms with Gasteiger partial charge in [-0.3, -0.25) is 4.79 Å². The molecular weight excluding hydrogens is 276 g/mol. The molecule has 1 amide bonds. The van der Waals surface area contributed by atoms with Gasteiger partial charge in [0.2, 0.25) is 0 Å². The molecule has 0 spiro atoms. The normalized spacial score (nSPS) is 10.4. The first-order chi connectivity index (χ1) is 10.8. The summed E-state index contributed by atoms with van der Waals surface area (Å²) < 4.78 is 0. The molecule has 1 aromatic heterocycles. The second-order valence-electron chi connectivity index (χ2n) is 4.83. The molecule has 3 rings (SSSR count). The molecule has 5 nitrogen and oxygen atoms in total. The van der Waals surface area contributed by atoms with Crippen LogP contribution < -0.4 is 10.6 Å². The topological polar surface area (TPSA) is 66.9 Å². The fourth-order valence-corrected chi connectivity index (χ4v) is 2.29. The van der Waals surface area contributed by atoms with Crippen molar-refractivity contribution in [3.05, 3.63) is 60.6 Å². The lowest BCUT2D eigenvalue weighted by atomic mass is 10.1. The van der Waals surface area contributed by atoms with Crippen molar-refractivity contribution in [3.63, 3.8) is 0 Å². The van der Waals surface area contributed by atoms with E-state index in [9.17, 15) is 4.79 Å². The Bertz CT molecular complexity index is 816. The lowest BCUT2D eigenvalue weighted by Crippen LogP contribution is -2.14. The van der Waals surface area contributed by atoms with Crippen molar-refractivity contribution in [3.8, 4) is 0 Å². The van der Waals surface area contributed by atoms with Crippen LogP contribution in [0.25, 0.3) is 10.9 Å². The first kappa shape index (κ1) is 14.0. The van der Waals surface area contributed by atoms with Crippen molar-refractivity contribution in [2.24, 2.45) is 0 Å². The monoisotopic (exact) mass is 292 g/mol. The third kappa shape index (κ3) is 2.88. The number of benzene rings is 2. The highest BCUT2D eigenvalue weighted by molar-refractivity contribution is 6.08. The van der Waals surface area contributed by atoms with Crippen LogP contribution in [-0.2, 0) is 0 Å². The Morgan fingerprint density at radius 1 is 1.18 bits per heavy atom. The zero-order valence-corrected chi connectivity index (χ0v) is 12.2. The van der Waals surface area contributed by atoms with Crippen LogP contribution in [0.1, 0.15) is 17.3 Å². The van der Waals surface area contributed by atoms with E-state index in [2.05, 4.69) is 20.6 Å². The third-order valence-corrected chi connectivity index (χ3v) is 3.30. The largest absolute Gasteiger partial charge is 0.385 e. The minimum atomic E-state index is -0.146. The van der Waals surface area contributed by atoms with Crippen LogP contribution in [0.4, 0.5) is 11.4 Å². The molecule has 0 saturated heterocycles. The van der Waals surface area contributed by atoms with Crippen LogP contribution in [0.5, 0.6) is 0 Å². The first-order valence-electron chi connectivity index (χ1n) is 7.12. The summed E-state index contributed by atoms with van der Waals surface area (Å²) in [7, 11) is 0. The Morgan fingerprint density at radius 3 is 2.91 bits per heavy atom. The Kier molecular flexibility index (Phi) is 3.96. The fourth-order valence-electron chi connectivity index (χ4n) is 2.29. The van der Waals surface area contributed by atoms with Crippen molar-refractivity contribution < 1.29 is 4.79 Å². The predicted octanol–water partition coefficient (Wildman–Crippen LogP) is 3.31. The van der Waals surface area contributed by atoms with Crippen LogP contribution in [0.2, 0.25) is 0 Å². The number of amides is 1. The van der Waals surface area contributed by atoms with Gasteiger partial charge in [-0.15, -0.1) is 0 Å². The number of para-hydroxylation sites is 1.